The molecule has 0 saturated carbocycles. The van der Waals surface area contributed by atoms with Crippen LogP contribution in [0, 0.1) is 0 Å². The van der Waals surface area contributed by atoms with Gasteiger partial charge in [0.25, 0.3) is 0 Å². The third kappa shape index (κ3) is 2.94. The average Bonchev–Trinajstić information content (AvgIpc) is 2.75. The first-order chi connectivity index (χ1) is 8.61. The molecule has 1 saturated heterocycles. The molecule has 1 aromatic rings. The highest BCUT2D eigenvalue weighted by Gasteiger charge is 2.22. The van der Waals surface area contributed by atoms with Crippen LogP contribution < -0.4 is 4.90 Å². The second-order valence-corrected chi connectivity index (χ2v) is 5.32. The van der Waals surface area contributed by atoms with E-state index in [2.05, 4.69) is 21.8 Å². The molecule has 0 bridgehead atoms. The summed E-state index contributed by atoms with van der Waals surface area (Å²) in [6.45, 7) is 2.01. The minimum absolute atomic E-state index is 0.121. The first kappa shape index (κ1) is 13.6. The fraction of sp³-hybridized carbons (Fsp3) is 0.615. The summed E-state index contributed by atoms with van der Waals surface area (Å²) in [6.07, 6.45) is 2.51. The third-order valence-corrected chi connectivity index (χ3v) is 3.95. The zero-order valence-corrected chi connectivity index (χ0v) is 11.7. The molecule has 0 aliphatic carbocycles. The van der Waals surface area contributed by atoms with Gasteiger partial charge in [-0.05, 0) is 38.6 Å². The van der Waals surface area contributed by atoms with Crippen LogP contribution in [0.1, 0.15) is 18.5 Å². The number of anilines is 1. The maximum absolute atomic E-state index is 9.18. The normalized spacial score (nSPS) is 20.3. The van der Waals surface area contributed by atoms with Crippen LogP contribution in [-0.4, -0.2) is 48.2 Å². The minimum atomic E-state index is -0.121. The van der Waals surface area contributed by atoms with E-state index in [-0.39, 0.29) is 6.61 Å². The van der Waals surface area contributed by atoms with Crippen molar-refractivity contribution in [1.82, 2.24) is 9.88 Å². The molecule has 1 fully saturated rings. The third-order valence-electron chi connectivity index (χ3n) is 3.60. The molecule has 100 valence electrons. The number of hydrogen-bond acceptors (Lipinski definition) is 4. The smallest absolute Gasteiger partial charge is 0.128 e. The van der Waals surface area contributed by atoms with Crippen LogP contribution >= 0.6 is 11.6 Å². The number of pyridine rings is 1. The topological polar surface area (TPSA) is 39.6 Å². The van der Waals surface area contributed by atoms with Gasteiger partial charge in [0.1, 0.15) is 5.82 Å². The molecule has 1 unspecified atom stereocenters. The van der Waals surface area contributed by atoms with Crippen LogP contribution in [0.3, 0.4) is 0 Å². The second kappa shape index (κ2) is 5.87. The largest absolute Gasteiger partial charge is 0.390 e. The van der Waals surface area contributed by atoms with Gasteiger partial charge in [0.2, 0.25) is 0 Å². The van der Waals surface area contributed by atoms with Gasteiger partial charge in [-0.1, -0.05) is 11.6 Å². The summed E-state index contributed by atoms with van der Waals surface area (Å²) in [4.78, 5) is 8.90. The van der Waals surface area contributed by atoms with Crippen LogP contribution in [0.4, 0.5) is 5.82 Å². The number of nitrogens with zero attached hydrogens (tertiary/aromatic N) is 3. The van der Waals surface area contributed by atoms with Gasteiger partial charge < -0.3 is 14.9 Å². The van der Waals surface area contributed by atoms with Gasteiger partial charge >= 0.3 is 0 Å². The maximum atomic E-state index is 9.18. The van der Waals surface area contributed by atoms with Gasteiger partial charge in [0.15, 0.2) is 0 Å². The summed E-state index contributed by atoms with van der Waals surface area (Å²) >= 11 is 5.95. The Balaban J connectivity index is 2.06. The van der Waals surface area contributed by atoms with Crippen molar-refractivity contribution < 1.29 is 5.11 Å². The summed E-state index contributed by atoms with van der Waals surface area (Å²) in [5, 5.41) is 9.70. The number of aliphatic hydroxyl groups excluding tert-OH is 1. The van der Waals surface area contributed by atoms with Crippen molar-refractivity contribution in [3.63, 3.8) is 0 Å². The van der Waals surface area contributed by atoms with Crippen LogP contribution in [0.25, 0.3) is 0 Å². The highest BCUT2D eigenvalue weighted by Crippen LogP contribution is 2.21. The Bertz CT molecular complexity index is 413. The molecule has 4 nitrogen and oxygen atoms in total. The van der Waals surface area contributed by atoms with Crippen LogP contribution in [-0.2, 0) is 6.61 Å². The van der Waals surface area contributed by atoms with E-state index < -0.39 is 0 Å². The van der Waals surface area contributed by atoms with Crippen LogP contribution in [0.2, 0.25) is 5.02 Å². The number of likely N-dealkylation sites (N-methyl/N-ethyl adjacent to an activating group) is 2. The molecule has 1 aliphatic heterocycles. The number of aliphatic hydroxyl groups is 1. The van der Waals surface area contributed by atoms with E-state index in [1.165, 1.54) is 19.4 Å². The molecule has 5 heteroatoms. The van der Waals surface area contributed by atoms with E-state index in [9.17, 15) is 5.11 Å². The Hall–Kier alpha value is -0.840. The molecule has 1 N–H and O–H groups in total. The van der Waals surface area contributed by atoms with Crippen molar-refractivity contribution >= 4 is 17.4 Å². The molecule has 1 atom stereocenters. The zero-order valence-electron chi connectivity index (χ0n) is 10.9. The van der Waals surface area contributed by atoms with E-state index in [1.807, 2.05) is 13.1 Å². The molecule has 18 heavy (non-hydrogen) atoms. The molecule has 0 spiro atoms. The predicted octanol–water partition coefficient (Wildman–Crippen LogP) is 1.76. The van der Waals surface area contributed by atoms with Crippen molar-refractivity contribution in [3.8, 4) is 0 Å². The Kier molecular flexibility index (Phi) is 4.43. The highest BCUT2D eigenvalue weighted by atomic mass is 35.5. The lowest BCUT2D eigenvalue weighted by atomic mass is 10.2. The SMILES string of the molecule is CN(CC1CCCN1C)c1ccc(Cl)c(CO)n1. The van der Waals surface area contributed by atoms with Gasteiger partial charge in [-0.3, -0.25) is 0 Å². The lowest BCUT2D eigenvalue weighted by Gasteiger charge is -2.26. The average molecular weight is 270 g/mol. The number of likely N-dealkylation sites (tertiary alicyclic amines) is 1. The van der Waals surface area contributed by atoms with Crippen molar-refractivity contribution in [2.75, 3.05) is 32.1 Å². The Morgan fingerprint density at radius 1 is 1.56 bits per heavy atom. The number of rotatable bonds is 4. The number of halogens is 1. The molecule has 2 rings (SSSR count). The molecule has 1 aromatic heterocycles. The highest BCUT2D eigenvalue weighted by molar-refractivity contribution is 6.31. The van der Waals surface area contributed by atoms with Crippen molar-refractivity contribution in [1.29, 1.82) is 0 Å². The quantitative estimate of drug-likeness (QED) is 0.904. The van der Waals surface area contributed by atoms with E-state index in [1.54, 1.807) is 6.07 Å². The van der Waals surface area contributed by atoms with Crippen molar-refractivity contribution in [2.24, 2.45) is 0 Å². The van der Waals surface area contributed by atoms with Crippen LogP contribution in [0.5, 0.6) is 0 Å². The Morgan fingerprint density at radius 2 is 2.33 bits per heavy atom. The second-order valence-electron chi connectivity index (χ2n) is 4.91. The number of hydrogen-bond donors (Lipinski definition) is 1. The summed E-state index contributed by atoms with van der Waals surface area (Å²) in [5.41, 5.74) is 0.542. The fourth-order valence-electron chi connectivity index (χ4n) is 2.42. The summed E-state index contributed by atoms with van der Waals surface area (Å²) in [5.74, 6) is 0.865. The Morgan fingerprint density at radius 3 is 2.94 bits per heavy atom. The van der Waals surface area contributed by atoms with Crippen molar-refractivity contribution in [2.45, 2.75) is 25.5 Å². The monoisotopic (exact) mass is 269 g/mol. The van der Waals surface area contributed by atoms with Gasteiger partial charge in [0, 0.05) is 19.6 Å². The van der Waals surface area contributed by atoms with Gasteiger partial charge in [-0.25, -0.2) is 4.98 Å². The molecule has 1 aliphatic rings. The lowest BCUT2D eigenvalue weighted by molar-refractivity contribution is 0.277. The fourth-order valence-corrected chi connectivity index (χ4v) is 2.58. The summed E-state index contributed by atoms with van der Waals surface area (Å²) in [6, 6.07) is 4.28. The number of aromatic nitrogens is 1. The first-order valence-electron chi connectivity index (χ1n) is 6.29. The summed E-state index contributed by atoms with van der Waals surface area (Å²) < 4.78 is 0. The molecule has 0 radical (unpaired) electrons. The molecule has 2 heterocycles. The zero-order chi connectivity index (χ0) is 13.1. The first-order valence-corrected chi connectivity index (χ1v) is 6.67. The van der Waals surface area contributed by atoms with E-state index in [0.29, 0.717) is 16.8 Å². The van der Waals surface area contributed by atoms with Crippen LogP contribution in [0.15, 0.2) is 12.1 Å². The molecule has 0 amide bonds. The minimum Gasteiger partial charge on any atom is -0.390 e. The summed E-state index contributed by atoms with van der Waals surface area (Å²) in [7, 11) is 4.20. The predicted molar refractivity (Wildman–Crippen MR) is 74.1 cm³/mol. The molecular formula is C13H20ClN3O. The van der Waals surface area contributed by atoms with E-state index >= 15 is 0 Å². The molecular weight excluding hydrogens is 250 g/mol. The maximum Gasteiger partial charge on any atom is 0.128 e. The Labute approximate surface area is 113 Å². The molecule has 0 aromatic carbocycles. The standard InChI is InChI=1S/C13H20ClN3O/c1-16-7-3-4-10(16)8-17(2)13-6-5-11(14)12(9-18)15-13/h5-6,10,18H,3-4,7-9H2,1-2H3. The van der Waals surface area contributed by atoms with Gasteiger partial charge in [0.05, 0.1) is 17.3 Å². The van der Waals surface area contributed by atoms with E-state index in [0.717, 1.165) is 12.4 Å². The van der Waals surface area contributed by atoms with Crippen molar-refractivity contribution in [3.05, 3.63) is 22.8 Å². The van der Waals surface area contributed by atoms with Gasteiger partial charge in [-0.2, -0.15) is 0 Å². The lowest BCUT2D eigenvalue weighted by Crippen LogP contribution is -2.37. The van der Waals surface area contributed by atoms with E-state index in [4.69, 9.17) is 11.6 Å². The van der Waals surface area contributed by atoms with Gasteiger partial charge in [-0.15, -0.1) is 0 Å².